The summed E-state index contributed by atoms with van der Waals surface area (Å²) in [6.07, 6.45) is 8.97. The van der Waals surface area contributed by atoms with Crippen molar-refractivity contribution in [1.29, 1.82) is 0 Å². The minimum atomic E-state index is -3.81. The number of piperidine rings is 1. The van der Waals surface area contributed by atoms with Crippen LogP contribution in [-0.4, -0.2) is 50.0 Å². The lowest BCUT2D eigenvalue weighted by Crippen LogP contribution is -2.47. The van der Waals surface area contributed by atoms with E-state index in [2.05, 4.69) is 17.4 Å². The van der Waals surface area contributed by atoms with Gasteiger partial charge in [0.2, 0.25) is 15.9 Å². The Balaban J connectivity index is 1.41. The van der Waals surface area contributed by atoms with E-state index in [1.54, 1.807) is 26.2 Å². The third-order valence-electron chi connectivity index (χ3n) is 7.24. The van der Waals surface area contributed by atoms with Gasteiger partial charge in [-0.05, 0) is 62.3 Å². The van der Waals surface area contributed by atoms with E-state index in [0.29, 0.717) is 37.5 Å². The number of sulfonamides is 1. The highest BCUT2D eigenvalue weighted by atomic mass is 32.2. The molecule has 2 fully saturated rings. The van der Waals surface area contributed by atoms with E-state index >= 15 is 0 Å². The van der Waals surface area contributed by atoms with Gasteiger partial charge in [-0.3, -0.25) is 4.79 Å². The average Bonchev–Trinajstić information content (AvgIpc) is 3.25. The van der Waals surface area contributed by atoms with Crippen LogP contribution in [0.3, 0.4) is 0 Å². The number of aromatic nitrogens is 1. The van der Waals surface area contributed by atoms with Crippen LogP contribution in [0.15, 0.2) is 33.7 Å². The zero-order valence-electron chi connectivity index (χ0n) is 20.7. The van der Waals surface area contributed by atoms with Crippen molar-refractivity contribution in [3.63, 3.8) is 0 Å². The van der Waals surface area contributed by atoms with Crippen LogP contribution in [-0.2, 0) is 14.8 Å². The Morgan fingerprint density at radius 1 is 1.11 bits per heavy atom. The zero-order valence-corrected chi connectivity index (χ0v) is 21.5. The second-order valence-electron chi connectivity index (χ2n) is 9.62. The smallest absolute Gasteiger partial charge is 0.248 e. The van der Waals surface area contributed by atoms with Crippen molar-refractivity contribution in [2.75, 3.05) is 20.2 Å². The molecule has 1 saturated carbocycles. The molecule has 2 atom stereocenters. The highest BCUT2D eigenvalue weighted by Crippen LogP contribution is 2.30. The van der Waals surface area contributed by atoms with Crippen molar-refractivity contribution in [2.24, 2.45) is 11.8 Å². The van der Waals surface area contributed by atoms with E-state index in [0.717, 1.165) is 30.6 Å². The van der Waals surface area contributed by atoms with E-state index in [4.69, 9.17) is 9.26 Å². The molecule has 1 N–H and O–H groups in total. The number of hydrogen-bond donors (Lipinski definition) is 1. The zero-order chi connectivity index (χ0) is 25.0. The molecule has 2 aliphatic rings. The monoisotopic (exact) mass is 501 g/mol. The van der Waals surface area contributed by atoms with E-state index in [1.807, 2.05) is 24.3 Å². The van der Waals surface area contributed by atoms with E-state index in [1.165, 1.54) is 10.7 Å². The number of nitrogens with one attached hydrogen (secondary N) is 1. The Morgan fingerprint density at radius 3 is 2.46 bits per heavy atom. The van der Waals surface area contributed by atoms with Gasteiger partial charge in [0.25, 0.3) is 0 Å². The lowest BCUT2D eigenvalue weighted by Gasteiger charge is -2.34. The summed E-state index contributed by atoms with van der Waals surface area (Å²) in [6, 6.07) is 7.64. The summed E-state index contributed by atoms with van der Waals surface area (Å²) < 4.78 is 39.0. The summed E-state index contributed by atoms with van der Waals surface area (Å²) in [4.78, 5) is 12.9. The molecule has 0 spiro atoms. The summed E-state index contributed by atoms with van der Waals surface area (Å²) in [7, 11) is -2.20. The van der Waals surface area contributed by atoms with Gasteiger partial charge in [-0.2, -0.15) is 4.31 Å². The Kier molecular flexibility index (Phi) is 7.96. The van der Waals surface area contributed by atoms with E-state index in [9.17, 15) is 13.2 Å². The Bertz CT molecular complexity index is 1150. The SMILES string of the molecule is COc1ccc(/C=C\c2onc(C)c2S(=O)(=O)N2CCC(C(=O)N[C@H]3CCCC[C@@H]3C)CC2)cc1. The number of carbonyl (C=O) groups excluding carboxylic acids is 1. The molecule has 35 heavy (non-hydrogen) atoms. The molecule has 1 aromatic heterocycles. The number of amides is 1. The first kappa shape index (κ1) is 25.4. The molecule has 0 radical (unpaired) electrons. The van der Waals surface area contributed by atoms with Gasteiger partial charge in [0, 0.05) is 25.0 Å². The van der Waals surface area contributed by atoms with Crippen molar-refractivity contribution in [3.8, 4) is 5.75 Å². The molecule has 1 saturated heterocycles. The Morgan fingerprint density at radius 2 is 1.80 bits per heavy atom. The molecular formula is C26H35N3O5S. The summed E-state index contributed by atoms with van der Waals surface area (Å²) in [5.74, 6) is 1.34. The summed E-state index contributed by atoms with van der Waals surface area (Å²) in [6.45, 7) is 4.42. The van der Waals surface area contributed by atoms with Crippen molar-refractivity contribution >= 4 is 28.1 Å². The van der Waals surface area contributed by atoms with Gasteiger partial charge in [-0.15, -0.1) is 0 Å². The number of nitrogens with zero attached hydrogens (tertiary/aromatic N) is 2. The number of carbonyl (C=O) groups is 1. The van der Waals surface area contributed by atoms with Crippen LogP contribution in [0.2, 0.25) is 0 Å². The average molecular weight is 502 g/mol. The van der Waals surface area contributed by atoms with Crippen LogP contribution in [0, 0.1) is 18.8 Å². The largest absolute Gasteiger partial charge is 0.497 e. The van der Waals surface area contributed by atoms with Gasteiger partial charge in [-0.1, -0.05) is 43.1 Å². The first-order chi connectivity index (χ1) is 16.8. The fraction of sp³-hybridized carbons (Fsp3) is 0.538. The maximum absolute atomic E-state index is 13.5. The van der Waals surface area contributed by atoms with Gasteiger partial charge >= 0.3 is 0 Å². The van der Waals surface area contributed by atoms with Gasteiger partial charge in [0.15, 0.2) is 10.7 Å². The van der Waals surface area contributed by atoms with Gasteiger partial charge < -0.3 is 14.6 Å². The number of methoxy groups -OCH3 is 1. The minimum absolute atomic E-state index is 0.0603. The first-order valence-electron chi connectivity index (χ1n) is 12.4. The van der Waals surface area contributed by atoms with Crippen LogP contribution in [0.4, 0.5) is 0 Å². The third kappa shape index (κ3) is 5.78. The second-order valence-corrected chi connectivity index (χ2v) is 11.5. The standard InChI is InChI=1S/C26H35N3O5S/c1-18-6-4-5-7-23(18)27-26(30)21-14-16-29(17-15-21)35(31,32)25-19(2)28-34-24(25)13-10-20-8-11-22(33-3)12-9-20/h8-13,18,21,23H,4-7,14-17H2,1-3H3,(H,27,30)/b13-10-/t18-,23-/m0/s1. The molecule has 190 valence electrons. The lowest BCUT2D eigenvalue weighted by atomic mass is 9.85. The molecule has 9 heteroatoms. The predicted molar refractivity (Wildman–Crippen MR) is 134 cm³/mol. The topological polar surface area (TPSA) is 102 Å². The fourth-order valence-corrected chi connectivity index (χ4v) is 6.72. The molecule has 1 aromatic carbocycles. The van der Waals surface area contributed by atoms with Gasteiger partial charge in [0.05, 0.1) is 7.11 Å². The maximum atomic E-state index is 13.5. The normalized spacial score (nSPS) is 22.4. The lowest BCUT2D eigenvalue weighted by molar-refractivity contribution is -0.127. The van der Waals surface area contributed by atoms with Crippen LogP contribution in [0.1, 0.15) is 62.5 Å². The molecule has 2 heterocycles. The predicted octanol–water partition coefficient (Wildman–Crippen LogP) is 4.26. The number of benzene rings is 1. The Hall–Kier alpha value is -2.65. The minimum Gasteiger partial charge on any atom is -0.497 e. The molecule has 1 aliphatic heterocycles. The van der Waals surface area contributed by atoms with Gasteiger partial charge in [0.1, 0.15) is 11.4 Å². The van der Waals surface area contributed by atoms with Crippen LogP contribution < -0.4 is 10.1 Å². The van der Waals surface area contributed by atoms with Crippen molar-refractivity contribution in [1.82, 2.24) is 14.8 Å². The maximum Gasteiger partial charge on any atom is 0.248 e. The third-order valence-corrected chi connectivity index (χ3v) is 9.30. The highest BCUT2D eigenvalue weighted by Gasteiger charge is 2.36. The molecule has 1 aliphatic carbocycles. The number of rotatable bonds is 7. The molecular weight excluding hydrogens is 466 g/mol. The van der Waals surface area contributed by atoms with Crippen LogP contribution in [0.25, 0.3) is 12.2 Å². The second kappa shape index (κ2) is 11.0. The van der Waals surface area contributed by atoms with Gasteiger partial charge in [-0.25, -0.2) is 8.42 Å². The van der Waals surface area contributed by atoms with E-state index in [-0.39, 0.29) is 28.5 Å². The highest BCUT2D eigenvalue weighted by molar-refractivity contribution is 7.89. The summed E-state index contributed by atoms with van der Waals surface area (Å²) in [5.41, 5.74) is 1.20. The Labute approximate surface area is 207 Å². The van der Waals surface area contributed by atoms with Crippen molar-refractivity contribution in [2.45, 2.75) is 63.3 Å². The van der Waals surface area contributed by atoms with Crippen LogP contribution in [0.5, 0.6) is 5.75 Å². The molecule has 0 unspecified atom stereocenters. The quantitative estimate of drug-likeness (QED) is 0.608. The molecule has 2 aromatic rings. The molecule has 0 bridgehead atoms. The molecule has 1 amide bonds. The molecule has 8 nitrogen and oxygen atoms in total. The number of aryl methyl sites for hydroxylation is 1. The first-order valence-corrected chi connectivity index (χ1v) is 13.8. The van der Waals surface area contributed by atoms with Crippen LogP contribution >= 0.6 is 0 Å². The van der Waals surface area contributed by atoms with Crippen molar-refractivity contribution in [3.05, 3.63) is 41.3 Å². The van der Waals surface area contributed by atoms with Crippen molar-refractivity contribution < 1.29 is 22.5 Å². The fourth-order valence-electron chi connectivity index (χ4n) is 5.00. The number of ether oxygens (including phenoxy) is 1. The summed E-state index contributed by atoms with van der Waals surface area (Å²) in [5, 5.41) is 7.14. The van der Waals surface area contributed by atoms with E-state index < -0.39 is 10.0 Å². The summed E-state index contributed by atoms with van der Waals surface area (Å²) >= 11 is 0. The number of hydrogen-bond acceptors (Lipinski definition) is 6. The molecule has 4 rings (SSSR count).